The maximum Gasteiger partial charge on any atom is 0.300 e. The van der Waals surface area contributed by atoms with Gasteiger partial charge in [0.15, 0.2) is 0 Å². The number of methoxy groups -OCH3 is 1. The number of aliphatic hydroxyl groups excluding tert-OH is 1. The third-order valence-electron chi connectivity index (χ3n) is 5.97. The molecule has 0 bridgehead atoms. The van der Waals surface area contributed by atoms with Crippen molar-refractivity contribution < 1.29 is 23.8 Å². The summed E-state index contributed by atoms with van der Waals surface area (Å²) in [5.74, 6) is -0.817. The van der Waals surface area contributed by atoms with Gasteiger partial charge in [-0.05, 0) is 54.1 Å². The summed E-state index contributed by atoms with van der Waals surface area (Å²) < 4.78 is 18.9. The molecule has 0 saturated carbocycles. The Morgan fingerprint density at radius 3 is 2.31 bits per heavy atom. The Kier molecular flexibility index (Phi) is 6.13. The number of Topliss-reactive ketones (excluding diaryl/α,β-unsaturated/α-hetero) is 1. The maximum atomic E-state index is 13.7. The van der Waals surface area contributed by atoms with Crippen LogP contribution in [0.1, 0.15) is 22.7 Å². The van der Waals surface area contributed by atoms with Crippen LogP contribution in [-0.4, -0.2) is 41.2 Å². The van der Waals surface area contributed by atoms with Crippen molar-refractivity contribution in [2.45, 2.75) is 6.04 Å². The first-order valence-corrected chi connectivity index (χ1v) is 11.9. The first-order valence-electron chi connectivity index (χ1n) is 11.0. The second kappa shape index (κ2) is 9.38. The van der Waals surface area contributed by atoms with Crippen LogP contribution in [0.3, 0.4) is 0 Å². The molecule has 1 unspecified atom stereocenters. The minimum Gasteiger partial charge on any atom is -0.507 e. The molecule has 0 radical (unpaired) electrons. The van der Waals surface area contributed by atoms with Gasteiger partial charge in [0.2, 0.25) is 0 Å². The number of carbonyl (C=O) groups excluding carboxylic acids is 2. The quantitative estimate of drug-likeness (QED) is 0.312. The molecule has 0 spiro atoms. The number of thioether (sulfide) groups is 1. The Morgan fingerprint density at radius 1 is 1.03 bits per heavy atom. The van der Waals surface area contributed by atoms with Gasteiger partial charge in [-0.3, -0.25) is 19.5 Å². The molecule has 1 fully saturated rings. The van der Waals surface area contributed by atoms with Crippen molar-refractivity contribution in [3.8, 4) is 5.75 Å². The minimum atomic E-state index is -0.929. The van der Waals surface area contributed by atoms with Gasteiger partial charge in [-0.2, -0.15) is 0 Å². The lowest BCUT2D eigenvalue weighted by molar-refractivity contribution is -0.132. The first-order chi connectivity index (χ1) is 17.0. The highest BCUT2D eigenvalue weighted by Gasteiger charge is 2.47. The summed E-state index contributed by atoms with van der Waals surface area (Å²) in [5, 5.41) is 12.1. The molecule has 2 aliphatic heterocycles. The second-order valence-electron chi connectivity index (χ2n) is 8.03. The molecule has 2 aliphatic rings. The molecule has 6 nitrogen and oxygen atoms in total. The van der Waals surface area contributed by atoms with Crippen molar-refractivity contribution in [2.24, 2.45) is 4.99 Å². The predicted octanol–water partition coefficient (Wildman–Crippen LogP) is 4.95. The SMILES string of the molecule is COc1ccc(C(O)=C2C(=O)C(=O)N(c3ccc(C4=NCCS4)cc3)C2c2ccc(F)cc2)cc1. The van der Waals surface area contributed by atoms with E-state index >= 15 is 0 Å². The number of hydrogen-bond donors (Lipinski definition) is 1. The topological polar surface area (TPSA) is 79.2 Å². The van der Waals surface area contributed by atoms with Gasteiger partial charge in [0, 0.05) is 29.1 Å². The minimum absolute atomic E-state index is 0.0634. The van der Waals surface area contributed by atoms with Crippen molar-refractivity contribution in [3.63, 3.8) is 0 Å². The molecule has 1 atom stereocenters. The molecular weight excluding hydrogens is 467 g/mol. The average Bonchev–Trinajstić information content (AvgIpc) is 3.52. The number of hydrogen-bond acceptors (Lipinski definition) is 6. The summed E-state index contributed by atoms with van der Waals surface area (Å²) in [6.45, 7) is 0.770. The number of ketones is 1. The normalized spacial score (nSPS) is 19.2. The number of benzene rings is 3. The average molecular weight is 489 g/mol. The standard InChI is InChI=1S/C27H21FN2O4S/c1-34-21-12-6-17(7-13-21)24(31)22-23(16-2-8-19(28)9-3-16)30(27(33)25(22)32)20-10-4-18(5-11-20)26-29-14-15-35-26/h2-13,23,31H,14-15H2,1H3. The predicted molar refractivity (Wildman–Crippen MR) is 134 cm³/mol. The summed E-state index contributed by atoms with van der Waals surface area (Å²) in [6, 6.07) is 18.4. The van der Waals surface area contributed by atoms with Gasteiger partial charge in [0.05, 0.1) is 23.8 Å². The lowest BCUT2D eigenvalue weighted by Crippen LogP contribution is -2.29. The van der Waals surface area contributed by atoms with Gasteiger partial charge in [-0.25, -0.2) is 4.39 Å². The lowest BCUT2D eigenvalue weighted by atomic mass is 9.95. The Morgan fingerprint density at radius 2 is 1.71 bits per heavy atom. The van der Waals surface area contributed by atoms with E-state index in [1.807, 2.05) is 12.1 Å². The smallest absolute Gasteiger partial charge is 0.300 e. The van der Waals surface area contributed by atoms with Crippen LogP contribution in [0.5, 0.6) is 5.75 Å². The summed E-state index contributed by atoms with van der Waals surface area (Å²) in [5.41, 5.74) is 2.22. The molecule has 3 aromatic carbocycles. The van der Waals surface area contributed by atoms with E-state index < -0.39 is 23.5 Å². The van der Waals surface area contributed by atoms with Crippen LogP contribution in [0.15, 0.2) is 83.4 Å². The van der Waals surface area contributed by atoms with Crippen LogP contribution >= 0.6 is 11.8 Å². The van der Waals surface area contributed by atoms with Crippen molar-refractivity contribution in [2.75, 3.05) is 24.3 Å². The van der Waals surface area contributed by atoms with Crippen LogP contribution in [-0.2, 0) is 9.59 Å². The molecule has 0 aromatic heterocycles. The molecule has 5 rings (SSSR count). The molecule has 3 aromatic rings. The number of nitrogens with zero attached hydrogens (tertiary/aromatic N) is 2. The molecular formula is C27H21FN2O4S. The summed E-state index contributed by atoms with van der Waals surface area (Å²) in [4.78, 5) is 32.3. The largest absolute Gasteiger partial charge is 0.507 e. The molecule has 8 heteroatoms. The zero-order chi connectivity index (χ0) is 24.5. The Bertz CT molecular complexity index is 1350. The third kappa shape index (κ3) is 4.21. The second-order valence-corrected chi connectivity index (χ2v) is 9.11. The van der Waals surface area contributed by atoms with Crippen LogP contribution in [0.25, 0.3) is 5.76 Å². The third-order valence-corrected chi connectivity index (χ3v) is 7.00. The number of carbonyl (C=O) groups is 2. The number of anilines is 1. The highest BCUT2D eigenvalue weighted by Crippen LogP contribution is 2.42. The molecule has 2 heterocycles. The van der Waals surface area contributed by atoms with Crippen LogP contribution in [0, 0.1) is 5.82 Å². The van der Waals surface area contributed by atoms with E-state index in [9.17, 15) is 19.1 Å². The Hall–Kier alpha value is -3.91. The summed E-state index contributed by atoms with van der Waals surface area (Å²) in [6.07, 6.45) is 0. The number of amides is 1. The van der Waals surface area contributed by atoms with E-state index in [2.05, 4.69) is 4.99 Å². The number of aliphatic hydroxyl groups is 1. The molecule has 35 heavy (non-hydrogen) atoms. The van der Waals surface area contributed by atoms with Crippen molar-refractivity contribution in [3.05, 3.63) is 101 Å². The zero-order valence-corrected chi connectivity index (χ0v) is 19.6. The molecule has 1 amide bonds. The Balaban J connectivity index is 1.62. The van der Waals surface area contributed by atoms with E-state index in [1.54, 1.807) is 48.2 Å². The van der Waals surface area contributed by atoms with Gasteiger partial charge in [0.1, 0.15) is 17.3 Å². The van der Waals surface area contributed by atoms with Crippen LogP contribution < -0.4 is 9.64 Å². The highest BCUT2D eigenvalue weighted by atomic mass is 32.2. The monoisotopic (exact) mass is 488 g/mol. The molecule has 1 saturated heterocycles. The maximum absolute atomic E-state index is 13.7. The number of ether oxygens (including phenoxy) is 1. The van der Waals surface area contributed by atoms with Crippen molar-refractivity contribution >= 4 is 39.9 Å². The Labute approximate surface area is 205 Å². The van der Waals surface area contributed by atoms with Crippen molar-refractivity contribution in [1.82, 2.24) is 0 Å². The van der Waals surface area contributed by atoms with E-state index in [1.165, 1.54) is 36.3 Å². The van der Waals surface area contributed by atoms with Crippen molar-refractivity contribution in [1.29, 1.82) is 0 Å². The van der Waals surface area contributed by atoms with Gasteiger partial charge in [-0.1, -0.05) is 24.3 Å². The number of aliphatic imine (C=N–C) groups is 1. The van der Waals surface area contributed by atoms with E-state index in [4.69, 9.17) is 4.74 Å². The zero-order valence-electron chi connectivity index (χ0n) is 18.8. The van der Waals surface area contributed by atoms with Gasteiger partial charge in [0.25, 0.3) is 11.7 Å². The van der Waals surface area contributed by atoms with E-state index in [0.29, 0.717) is 22.6 Å². The fraction of sp³-hybridized carbons (Fsp3) is 0.148. The van der Waals surface area contributed by atoms with Gasteiger partial charge >= 0.3 is 0 Å². The lowest BCUT2D eigenvalue weighted by Gasteiger charge is -2.25. The fourth-order valence-corrected chi connectivity index (χ4v) is 5.10. The first kappa shape index (κ1) is 22.9. The fourth-order valence-electron chi connectivity index (χ4n) is 4.24. The molecule has 176 valence electrons. The van der Waals surface area contributed by atoms with Crippen LogP contribution in [0.2, 0.25) is 0 Å². The molecule has 0 aliphatic carbocycles. The summed E-state index contributed by atoms with van der Waals surface area (Å²) >= 11 is 1.67. The summed E-state index contributed by atoms with van der Waals surface area (Å²) in [7, 11) is 1.53. The highest BCUT2D eigenvalue weighted by molar-refractivity contribution is 8.14. The molecule has 1 N–H and O–H groups in total. The van der Waals surface area contributed by atoms with Gasteiger partial charge < -0.3 is 9.84 Å². The van der Waals surface area contributed by atoms with Crippen LogP contribution in [0.4, 0.5) is 10.1 Å². The number of rotatable bonds is 5. The van der Waals surface area contributed by atoms with E-state index in [-0.39, 0.29) is 11.3 Å². The van der Waals surface area contributed by atoms with Gasteiger partial charge in [-0.15, -0.1) is 11.8 Å². The number of halogens is 1. The van der Waals surface area contributed by atoms with E-state index in [0.717, 1.165) is 22.9 Å².